The van der Waals surface area contributed by atoms with Crippen LogP contribution in [0, 0.1) is 39.8 Å². The molecule has 0 aliphatic rings. The van der Waals surface area contributed by atoms with Crippen molar-refractivity contribution in [2.24, 2.45) is 0 Å². The van der Waals surface area contributed by atoms with E-state index < -0.39 is 0 Å². The van der Waals surface area contributed by atoms with Crippen LogP contribution < -0.4 is 4.74 Å². The van der Waals surface area contributed by atoms with Crippen LogP contribution in [-0.2, 0) is 21.1 Å². The van der Waals surface area contributed by atoms with Gasteiger partial charge in [0.2, 0.25) is 0 Å². The van der Waals surface area contributed by atoms with Crippen LogP contribution in [-0.4, -0.2) is 28.7 Å². The molecule has 0 amide bonds. The molecule has 4 aromatic carbocycles. The Hall–Kier alpha value is -5.91. The number of fused-ring (bicyclic) bond motifs is 12. The Bertz CT molecular complexity index is 3030. The number of aryl methyl sites for hydroxylation is 4. The van der Waals surface area contributed by atoms with E-state index >= 15 is 0 Å². The van der Waals surface area contributed by atoms with Crippen molar-refractivity contribution in [1.82, 2.24) is 28.7 Å². The number of pyridine rings is 4. The van der Waals surface area contributed by atoms with Crippen molar-refractivity contribution < 1.29 is 25.8 Å². The first-order valence-electron chi connectivity index (χ1n) is 17.0. The molecular weight excluding hydrogens is 824 g/mol. The third kappa shape index (κ3) is 4.76. The Morgan fingerprint density at radius 1 is 0.577 bits per heavy atom. The summed E-state index contributed by atoms with van der Waals surface area (Å²) in [6.07, 6.45) is 7.52. The second kappa shape index (κ2) is 12.1. The molecule has 0 unspecified atom stereocenters. The van der Waals surface area contributed by atoms with Crippen LogP contribution in [0.5, 0.6) is 11.5 Å². The maximum Gasteiger partial charge on any atom is 2.00 e. The summed E-state index contributed by atoms with van der Waals surface area (Å²) in [5.41, 5.74) is 13.3. The molecule has 6 heterocycles. The zero-order valence-corrected chi connectivity index (χ0v) is 31.1. The van der Waals surface area contributed by atoms with E-state index in [1.807, 2.05) is 47.3 Å². The van der Waals surface area contributed by atoms with Gasteiger partial charge in [0.25, 0.3) is 0 Å². The molecule has 6 aromatic heterocycles. The van der Waals surface area contributed by atoms with Crippen LogP contribution >= 0.6 is 0 Å². The molecule has 52 heavy (non-hydrogen) atoms. The molecule has 0 fully saturated rings. The fraction of sp³-hybridized carbons (Fsp3) is 0.0909. The van der Waals surface area contributed by atoms with Gasteiger partial charge >= 0.3 is 21.1 Å². The molecule has 0 saturated carbocycles. The standard InChI is InChI=1S/C44H30N6O.Pt/c1-25-8-5-9-26(2)39(25)36-18-17-33-31-15-13-29(22-34(31)43-47-24-38(50(43)44(33)48-36)40-27(3)10-6-11-28(40)4)51-30-14-16-32-35(23-30)42-46-20-21-49(42)37-12-7-19-45-41(32)37;/h5-21,24H,1-4H3;/q-2;+2. The molecule has 0 atom stereocenters. The van der Waals surface area contributed by atoms with Crippen molar-refractivity contribution >= 4 is 54.9 Å². The van der Waals surface area contributed by atoms with Crippen LogP contribution in [0.15, 0.2) is 110 Å². The number of ether oxygens (including phenoxy) is 1. The molecule has 10 rings (SSSR count). The summed E-state index contributed by atoms with van der Waals surface area (Å²) in [7, 11) is 0. The van der Waals surface area contributed by atoms with E-state index in [2.05, 4.69) is 115 Å². The van der Waals surface area contributed by atoms with Crippen LogP contribution in [0.1, 0.15) is 22.3 Å². The first-order chi connectivity index (χ1) is 24.9. The molecule has 0 spiro atoms. The molecule has 252 valence electrons. The average molecular weight is 854 g/mol. The van der Waals surface area contributed by atoms with Crippen molar-refractivity contribution in [3.05, 3.63) is 144 Å². The zero-order chi connectivity index (χ0) is 34.4. The van der Waals surface area contributed by atoms with Crippen molar-refractivity contribution in [3.8, 4) is 34.0 Å². The molecule has 0 radical (unpaired) electrons. The van der Waals surface area contributed by atoms with E-state index in [0.717, 1.165) is 77.4 Å². The molecule has 0 saturated heterocycles. The molecule has 0 aliphatic heterocycles. The van der Waals surface area contributed by atoms with E-state index in [4.69, 9.17) is 14.7 Å². The predicted molar refractivity (Wildman–Crippen MR) is 204 cm³/mol. The number of nitrogens with zero attached hydrogens (tertiary/aromatic N) is 6. The van der Waals surface area contributed by atoms with Gasteiger partial charge in [-0.1, -0.05) is 88.3 Å². The average Bonchev–Trinajstić information content (AvgIpc) is 3.81. The Morgan fingerprint density at radius 3 is 1.96 bits per heavy atom. The predicted octanol–water partition coefficient (Wildman–Crippen LogP) is 10.3. The summed E-state index contributed by atoms with van der Waals surface area (Å²) in [5, 5.41) is 4.68. The van der Waals surface area contributed by atoms with Gasteiger partial charge in [0.1, 0.15) is 5.65 Å². The quantitative estimate of drug-likeness (QED) is 0.130. The summed E-state index contributed by atoms with van der Waals surface area (Å²) < 4.78 is 10.7. The summed E-state index contributed by atoms with van der Waals surface area (Å²) in [5.74, 6) is 1.13. The monoisotopic (exact) mass is 853 g/mol. The topological polar surface area (TPSA) is 69.6 Å². The molecule has 10 aromatic rings. The van der Waals surface area contributed by atoms with Crippen molar-refractivity contribution in [1.29, 1.82) is 0 Å². The summed E-state index contributed by atoms with van der Waals surface area (Å²) in [6.45, 7) is 8.58. The maximum atomic E-state index is 6.50. The smallest absolute Gasteiger partial charge is 0.497 e. The Kier molecular flexibility index (Phi) is 7.46. The fourth-order valence-electron chi connectivity index (χ4n) is 7.77. The number of benzene rings is 4. The number of imidazole rings is 2. The molecular formula is C44H30N6OPt. The van der Waals surface area contributed by atoms with E-state index in [9.17, 15) is 0 Å². The van der Waals surface area contributed by atoms with E-state index in [1.165, 1.54) is 22.3 Å². The van der Waals surface area contributed by atoms with Gasteiger partial charge in [0.15, 0.2) is 0 Å². The van der Waals surface area contributed by atoms with Gasteiger partial charge in [-0.2, -0.15) is 0 Å². The van der Waals surface area contributed by atoms with Gasteiger partial charge in [-0.25, -0.2) is 4.98 Å². The van der Waals surface area contributed by atoms with Crippen molar-refractivity contribution in [3.63, 3.8) is 0 Å². The first-order valence-corrected chi connectivity index (χ1v) is 17.0. The number of hydrogen-bond acceptors (Lipinski definition) is 5. The normalized spacial score (nSPS) is 11.7. The van der Waals surface area contributed by atoms with Gasteiger partial charge in [0.05, 0.1) is 33.7 Å². The third-order valence-electron chi connectivity index (χ3n) is 10.1. The SMILES string of the molecule is Cc1cccc(C)c1-c1ccc2c3ccc(Oc4[c-]c5c(cc4)c4ncccc4n4ccnc54)[c-]c3c3ncc(-c4c(C)cccc4C)n3c2n1.[Pt+2]. The van der Waals surface area contributed by atoms with E-state index in [0.29, 0.717) is 11.5 Å². The number of rotatable bonds is 4. The van der Waals surface area contributed by atoms with Crippen LogP contribution in [0.3, 0.4) is 0 Å². The first kappa shape index (κ1) is 32.0. The fourth-order valence-corrected chi connectivity index (χ4v) is 7.77. The molecule has 8 heteroatoms. The van der Waals surface area contributed by atoms with Crippen molar-refractivity contribution in [2.45, 2.75) is 27.7 Å². The molecule has 0 N–H and O–H groups in total. The summed E-state index contributed by atoms with van der Waals surface area (Å²) in [4.78, 5) is 19.8. The third-order valence-corrected chi connectivity index (χ3v) is 10.1. The Balaban J connectivity index is 0.00000360. The summed E-state index contributed by atoms with van der Waals surface area (Å²) in [6, 6.07) is 36.2. The minimum Gasteiger partial charge on any atom is -0.497 e. The second-order valence-corrected chi connectivity index (χ2v) is 13.2. The van der Waals surface area contributed by atoms with Crippen LogP contribution in [0.2, 0.25) is 0 Å². The maximum absolute atomic E-state index is 6.50. The largest absolute Gasteiger partial charge is 2.00 e. The van der Waals surface area contributed by atoms with Crippen LogP contribution in [0.4, 0.5) is 0 Å². The van der Waals surface area contributed by atoms with Gasteiger partial charge < -0.3 is 13.5 Å². The minimum absolute atomic E-state index is 0. The minimum atomic E-state index is 0. The van der Waals surface area contributed by atoms with Crippen molar-refractivity contribution in [2.75, 3.05) is 0 Å². The van der Waals surface area contributed by atoms with E-state index in [-0.39, 0.29) is 21.1 Å². The van der Waals surface area contributed by atoms with E-state index in [1.54, 1.807) is 6.20 Å². The second-order valence-electron chi connectivity index (χ2n) is 13.2. The Labute approximate surface area is 313 Å². The van der Waals surface area contributed by atoms with Gasteiger partial charge in [-0.15, -0.1) is 12.1 Å². The molecule has 7 nitrogen and oxygen atoms in total. The Morgan fingerprint density at radius 2 is 1.23 bits per heavy atom. The number of hydrogen-bond donors (Lipinski definition) is 0. The number of aromatic nitrogens is 6. The van der Waals surface area contributed by atoms with Gasteiger partial charge in [-0.05, 0) is 73.5 Å². The van der Waals surface area contributed by atoms with Crippen LogP contribution in [0.25, 0.3) is 77.4 Å². The van der Waals surface area contributed by atoms with Gasteiger partial charge in [0, 0.05) is 47.4 Å². The molecule has 0 bridgehead atoms. The summed E-state index contributed by atoms with van der Waals surface area (Å²) >= 11 is 0. The zero-order valence-electron chi connectivity index (χ0n) is 28.8. The van der Waals surface area contributed by atoms with Gasteiger partial charge in [-0.3, -0.25) is 15.0 Å². The molecule has 0 aliphatic carbocycles.